The van der Waals surface area contributed by atoms with Gasteiger partial charge in [-0.25, -0.2) is 0 Å². The predicted molar refractivity (Wildman–Crippen MR) is 179 cm³/mol. The van der Waals surface area contributed by atoms with E-state index in [1.165, 1.54) is 92.6 Å². The van der Waals surface area contributed by atoms with Gasteiger partial charge in [-0.3, -0.25) is 0 Å². The van der Waals surface area contributed by atoms with E-state index >= 15 is 0 Å². The zero-order chi connectivity index (χ0) is 27.1. The molecule has 0 saturated carbocycles. The number of hydrogen-bond acceptors (Lipinski definition) is 1. The second-order valence-corrected chi connectivity index (χ2v) is 11.1. The third-order valence-corrected chi connectivity index (χ3v) is 9.01. The van der Waals surface area contributed by atoms with Crippen LogP contribution < -0.4 is 5.32 Å². The van der Waals surface area contributed by atoms with Crippen molar-refractivity contribution in [2.24, 2.45) is 0 Å². The number of hydrogen-bond donors (Lipinski definition) is 1. The van der Waals surface area contributed by atoms with Gasteiger partial charge < -0.3 is 5.32 Å². The predicted octanol–water partition coefficient (Wildman–Crippen LogP) is 11.2. The third-order valence-electron chi connectivity index (χ3n) is 9.01. The molecular formula is C40H27N. The summed E-state index contributed by atoms with van der Waals surface area (Å²) in [6.45, 7) is 3.06. The van der Waals surface area contributed by atoms with Crippen LogP contribution in [-0.2, 0) is 0 Å². The van der Waals surface area contributed by atoms with Crippen molar-refractivity contribution >= 4 is 70.3 Å². The minimum absolute atomic E-state index is 0.894. The maximum Gasteiger partial charge on any atom is 0.0420 e. The first kappa shape index (κ1) is 22.7. The van der Waals surface area contributed by atoms with Gasteiger partial charge in [0, 0.05) is 17.6 Å². The van der Waals surface area contributed by atoms with Crippen molar-refractivity contribution in [1.29, 1.82) is 0 Å². The molecule has 9 aromatic carbocycles. The molecule has 1 heteroatoms. The fourth-order valence-corrected chi connectivity index (χ4v) is 7.54. The fraction of sp³-hybridized carbons (Fsp3) is 0.0500. The average molecular weight is 522 g/mol. The molecule has 0 heterocycles. The Morgan fingerprint density at radius 1 is 0.390 bits per heavy atom. The molecule has 0 fully saturated rings. The molecule has 41 heavy (non-hydrogen) atoms. The van der Waals surface area contributed by atoms with Crippen molar-refractivity contribution in [3.8, 4) is 22.3 Å². The van der Waals surface area contributed by atoms with Gasteiger partial charge in [0.05, 0.1) is 0 Å². The van der Waals surface area contributed by atoms with E-state index in [-0.39, 0.29) is 0 Å². The molecule has 0 aliphatic rings. The number of benzene rings is 7. The van der Waals surface area contributed by atoms with Crippen molar-refractivity contribution in [1.82, 2.24) is 0 Å². The van der Waals surface area contributed by atoms with Gasteiger partial charge in [-0.1, -0.05) is 121 Å². The molecule has 0 bridgehead atoms. The van der Waals surface area contributed by atoms with Crippen LogP contribution in [0.25, 0.3) is 86.9 Å². The van der Waals surface area contributed by atoms with Crippen LogP contribution in [0.15, 0.2) is 127 Å². The van der Waals surface area contributed by atoms with Crippen LogP contribution >= 0.6 is 0 Å². The highest BCUT2D eigenvalue weighted by Gasteiger charge is 2.27. The summed E-state index contributed by atoms with van der Waals surface area (Å²) in [5.41, 5.74) is 6.41. The number of anilines is 1. The molecule has 0 aliphatic carbocycles. The van der Waals surface area contributed by atoms with E-state index in [1.807, 2.05) is 0 Å². The van der Waals surface area contributed by atoms with E-state index in [0.29, 0.717) is 0 Å². The van der Waals surface area contributed by atoms with Gasteiger partial charge in [-0.15, -0.1) is 0 Å². The summed E-state index contributed by atoms with van der Waals surface area (Å²) in [6.07, 6.45) is 0. The molecule has 0 aliphatic heterocycles. The highest BCUT2D eigenvalue weighted by molar-refractivity contribution is 6.46. The molecule has 192 valence electrons. The Morgan fingerprint density at radius 3 is 1.39 bits per heavy atom. The van der Waals surface area contributed by atoms with Gasteiger partial charge in [0.2, 0.25) is 0 Å². The van der Waals surface area contributed by atoms with Crippen LogP contribution in [0.2, 0.25) is 0 Å². The van der Waals surface area contributed by atoms with Gasteiger partial charge in [0.25, 0.3) is 0 Å². The van der Waals surface area contributed by atoms with Gasteiger partial charge in [0.15, 0.2) is 0 Å². The molecule has 0 atom stereocenters. The third kappa shape index (κ3) is 2.96. The topological polar surface area (TPSA) is 12.0 Å². The summed E-state index contributed by atoms with van der Waals surface area (Å²) in [6, 6.07) is 47.2. The Hall–Kier alpha value is -5.14. The van der Waals surface area contributed by atoms with Crippen molar-refractivity contribution < 1.29 is 0 Å². The Labute approximate surface area is 238 Å². The van der Waals surface area contributed by atoms with Crippen LogP contribution in [0.5, 0.6) is 0 Å². The molecule has 0 radical (unpaired) electrons. The second-order valence-electron chi connectivity index (χ2n) is 11.1. The number of fused-ring (bicyclic) bond motifs is 6. The second kappa shape index (κ2) is 8.43. The van der Waals surface area contributed by atoms with Crippen molar-refractivity contribution in [3.63, 3.8) is 0 Å². The molecule has 0 unspecified atom stereocenters. The normalized spacial score (nSPS) is 12.1. The molecule has 9 rings (SSSR count). The molecule has 0 amide bonds. The highest BCUT2D eigenvalue weighted by Crippen LogP contribution is 2.55. The molecule has 9 aromatic rings. The van der Waals surface area contributed by atoms with Crippen molar-refractivity contribution in [2.45, 2.75) is 6.92 Å². The molecule has 0 spiro atoms. The fourth-order valence-electron chi connectivity index (χ4n) is 7.54. The van der Waals surface area contributed by atoms with Crippen LogP contribution in [-0.4, -0.2) is 6.54 Å². The lowest BCUT2D eigenvalue weighted by Gasteiger charge is -2.15. The summed E-state index contributed by atoms with van der Waals surface area (Å²) in [7, 11) is 0. The summed E-state index contributed by atoms with van der Waals surface area (Å²) in [4.78, 5) is 0. The highest BCUT2D eigenvalue weighted by atomic mass is 14.9. The van der Waals surface area contributed by atoms with Gasteiger partial charge in [0.1, 0.15) is 0 Å². The first-order valence-corrected chi connectivity index (χ1v) is 14.5. The molecule has 0 saturated heterocycles. The van der Waals surface area contributed by atoms with Crippen molar-refractivity contribution in [3.05, 3.63) is 127 Å². The lowest BCUT2D eigenvalue weighted by molar-refractivity contribution is 1.22. The minimum Gasteiger partial charge on any atom is -0.385 e. The molecule has 0 aromatic heterocycles. The summed E-state index contributed by atoms with van der Waals surface area (Å²) >= 11 is 0. The van der Waals surface area contributed by atoms with Gasteiger partial charge in [-0.2, -0.15) is 0 Å². The van der Waals surface area contributed by atoms with E-state index in [2.05, 4.69) is 140 Å². The van der Waals surface area contributed by atoms with E-state index in [1.54, 1.807) is 0 Å². The lowest BCUT2D eigenvalue weighted by atomic mass is 9.87. The standard InChI is InChI=1S/C40H27N/c1-2-41-32-23-22-31-36-27(32)18-11-21-30(36)39-34(25-12-5-3-6-13-25)37-28-19-9-16-24-17-10-20-29(33(24)28)38(37)35(40(31)39)26-14-7-4-8-15-26/h3-23,41H,2H2,1H3. The Morgan fingerprint density at radius 2 is 0.854 bits per heavy atom. The number of nitrogens with one attached hydrogen (secondary N) is 1. The quantitative estimate of drug-likeness (QED) is 0.243. The van der Waals surface area contributed by atoms with Crippen LogP contribution in [0, 0.1) is 0 Å². The van der Waals surface area contributed by atoms with E-state index < -0.39 is 0 Å². The Bertz CT molecular complexity index is 2270. The first-order valence-electron chi connectivity index (χ1n) is 14.5. The summed E-state index contributed by atoms with van der Waals surface area (Å²) < 4.78 is 0. The van der Waals surface area contributed by atoms with E-state index in [4.69, 9.17) is 0 Å². The van der Waals surface area contributed by atoms with Crippen LogP contribution in [0.1, 0.15) is 6.92 Å². The zero-order valence-corrected chi connectivity index (χ0v) is 22.8. The lowest BCUT2D eigenvalue weighted by Crippen LogP contribution is -1.96. The summed E-state index contributed by atoms with van der Waals surface area (Å²) in [5.74, 6) is 0. The molecule has 1 N–H and O–H groups in total. The Kier molecular flexibility index (Phi) is 4.66. The maximum atomic E-state index is 3.62. The van der Waals surface area contributed by atoms with E-state index in [0.717, 1.165) is 6.54 Å². The van der Waals surface area contributed by atoms with Crippen molar-refractivity contribution in [2.75, 3.05) is 11.9 Å². The first-order chi connectivity index (χ1) is 20.3. The SMILES string of the molecule is CCNc1ccc2c3c(-c4ccccc4)c4c5cccc6cccc(c4c(-c4ccccc4)c3c3cccc1c32)c65. The Balaban J connectivity index is 1.68. The monoisotopic (exact) mass is 521 g/mol. The van der Waals surface area contributed by atoms with Gasteiger partial charge >= 0.3 is 0 Å². The average Bonchev–Trinajstić information content (AvgIpc) is 3.54. The smallest absolute Gasteiger partial charge is 0.0420 e. The minimum atomic E-state index is 0.894. The summed E-state index contributed by atoms with van der Waals surface area (Å²) in [5, 5.41) is 19.7. The number of rotatable bonds is 4. The molecular weight excluding hydrogens is 494 g/mol. The maximum absolute atomic E-state index is 3.62. The zero-order valence-electron chi connectivity index (χ0n) is 22.8. The van der Waals surface area contributed by atoms with Crippen LogP contribution in [0.4, 0.5) is 5.69 Å². The largest absolute Gasteiger partial charge is 0.385 e. The molecule has 1 nitrogen and oxygen atoms in total. The van der Waals surface area contributed by atoms with E-state index in [9.17, 15) is 0 Å². The van der Waals surface area contributed by atoms with Gasteiger partial charge in [-0.05, 0) is 94.5 Å². The van der Waals surface area contributed by atoms with Crippen LogP contribution in [0.3, 0.4) is 0 Å².